The maximum atomic E-state index is 12.9. The molecule has 0 aromatic heterocycles. The molecule has 2 aromatic carbocycles. The fraction of sp³-hybridized carbons (Fsp3) is 0.350. The minimum atomic E-state index is -0.272. The first-order valence-electron chi connectivity index (χ1n) is 8.31. The molecule has 0 spiro atoms. The van der Waals surface area contributed by atoms with Crippen molar-refractivity contribution in [1.29, 1.82) is 0 Å². The van der Waals surface area contributed by atoms with E-state index < -0.39 is 0 Å². The van der Waals surface area contributed by atoms with E-state index in [1.54, 1.807) is 24.1 Å². The van der Waals surface area contributed by atoms with Crippen molar-refractivity contribution in [3.63, 3.8) is 0 Å². The molecule has 5 heteroatoms. The fourth-order valence-corrected chi connectivity index (χ4v) is 2.41. The van der Waals surface area contributed by atoms with Gasteiger partial charge in [0.15, 0.2) is 0 Å². The van der Waals surface area contributed by atoms with Crippen LogP contribution in [0.1, 0.15) is 11.1 Å². The van der Waals surface area contributed by atoms with Gasteiger partial charge in [-0.2, -0.15) is 0 Å². The molecule has 0 N–H and O–H groups in total. The average Bonchev–Trinajstić information content (AvgIpc) is 2.58. The largest absolute Gasteiger partial charge is 0.492 e. The van der Waals surface area contributed by atoms with Gasteiger partial charge in [-0.25, -0.2) is 4.39 Å². The number of carbonyl (C=O) groups is 1. The number of likely N-dealkylation sites (N-methyl/N-ethyl adjacent to an activating group) is 2. The van der Waals surface area contributed by atoms with Crippen molar-refractivity contribution in [2.75, 3.05) is 33.8 Å². The van der Waals surface area contributed by atoms with E-state index in [-0.39, 0.29) is 11.7 Å². The molecule has 0 fully saturated rings. The number of halogens is 1. The summed E-state index contributed by atoms with van der Waals surface area (Å²) in [6, 6.07) is 14.1. The molecule has 0 saturated carbocycles. The van der Waals surface area contributed by atoms with Gasteiger partial charge < -0.3 is 9.64 Å². The fourth-order valence-electron chi connectivity index (χ4n) is 2.41. The molecule has 2 aromatic rings. The molecular weight excluding hydrogens is 319 g/mol. The lowest BCUT2D eigenvalue weighted by atomic mass is 10.2. The molecule has 2 rings (SSSR count). The molecule has 0 bridgehead atoms. The minimum Gasteiger partial charge on any atom is -0.492 e. The van der Waals surface area contributed by atoms with Gasteiger partial charge in [-0.1, -0.05) is 30.3 Å². The molecular formula is C20H25FN2O2. The summed E-state index contributed by atoms with van der Waals surface area (Å²) in [4.78, 5) is 15.9. The maximum absolute atomic E-state index is 12.9. The van der Waals surface area contributed by atoms with Gasteiger partial charge in [-0.15, -0.1) is 0 Å². The summed E-state index contributed by atoms with van der Waals surface area (Å²) >= 11 is 0. The van der Waals surface area contributed by atoms with Gasteiger partial charge in [0, 0.05) is 20.1 Å². The summed E-state index contributed by atoms with van der Waals surface area (Å²) in [6.07, 6.45) is 0. The van der Waals surface area contributed by atoms with Gasteiger partial charge in [-0.05, 0) is 43.3 Å². The Balaban J connectivity index is 1.73. The molecule has 25 heavy (non-hydrogen) atoms. The smallest absolute Gasteiger partial charge is 0.236 e. The summed E-state index contributed by atoms with van der Waals surface area (Å²) in [6.45, 7) is 3.97. The maximum Gasteiger partial charge on any atom is 0.236 e. The second-order valence-electron chi connectivity index (χ2n) is 6.23. The molecule has 0 aliphatic carbocycles. The molecule has 0 aliphatic heterocycles. The third-order valence-electron chi connectivity index (χ3n) is 3.99. The van der Waals surface area contributed by atoms with E-state index >= 15 is 0 Å². The Morgan fingerprint density at radius 3 is 2.44 bits per heavy atom. The lowest BCUT2D eigenvalue weighted by molar-refractivity contribution is -0.131. The molecule has 0 atom stereocenters. The van der Waals surface area contributed by atoms with Crippen LogP contribution in [0.4, 0.5) is 4.39 Å². The highest BCUT2D eigenvalue weighted by atomic mass is 19.1. The number of nitrogens with zero attached hydrogens (tertiary/aromatic N) is 2. The molecule has 0 heterocycles. The van der Waals surface area contributed by atoms with Gasteiger partial charge in [-0.3, -0.25) is 9.69 Å². The van der Waals surface area contributed by atoms with Crippen LogP contribution >= 0.6 is 0 Å². The number of amides is 1. The zero-order valence-electron chi connectivity index (χ0n) is 15.0. The zero-order valence-corrected chi connectivity index (χ0v) is 15.0. The molecule has 0 radical (unpaired) electrons. The number of para-hydroxylation sites is 1. The number of aryl methyl sites for hydroxylation is 1. The summed E-state index contributed by atoms with van der Waals surface area (Å²) in [5.41, 5.74) is 2.00. The normalized spacial score (nSPS) is 10.8. The van der Waals surface area contributed by atoms with Crippen LogP contribution in [0.2, 0.25) is 0 Å². The summed E-state index contributed by atoms with van der Waals surface area (Å²) in [5, 5.41) is 0. The van der Waals surface area contributed by atoms with Crippen molar-refractivity contribution in [3.8, 4) is 5.75 Å². The Morgan fingerprint density at radius 1 is 1.08 bits per heavy atom. The van der Waals surface area contributed by atoms with E-state index in [1.165, 1.54) is 12.1 Å². The van der Waals surface area contributed by atoms with Crippen molar-refractivity contribution < 1.29 is 13.9 Å². The first-order chi connectivity index (χ1) is 12.0. The van der Waals surface area contributed by atoms with Crippen LogP contribution in [-0.4, -0.2) is 49.5 Å². The zero-order chi connectivity index (χ0) is 18.2. The molecule has 0 unspecified atom stereocenters. The third kappa shape index (κ3) is 6.19. The van der Waals surface area contributed by atoms with Crippen molar-refractivity contribution in [3.05, 3.63) is 65.5 Å². The highest BCUT2D eigenvalue weighted by Crippen LogP contribution is 2.15. The SMILES string of the molecule is Cc1ccccc1OCCN(C)CC(=O)N(C)Cc1ccc(F)cc1. The standard InChI is InChI=1S/C20H25FN2O2/c1-16-6-4-5-7-19(16)25-13-12-22(2)15-20(24)23(3)14-17-8-10-18(21)11-9-17/h4-11H,12-15H2,1-3H3. The molecule has 0 aliphatic rings. The van der Waals surface area contributed by atoms with E-state index in [4.69, 9.17) is 4.74 Å². The number of hydrogen-bond donors (Lipinski definition) is 0. The van der Waals surface area contributed by atoms with Gasteiger partial charge in [0.25, 0.3) is 0 Å². The topological polar surface area (TPSA) is 32.8 Å². The van der Waals surface area contributed by atoms with E-state index in [0.717, 1.165) is 16.9 Å². The predicted octanol–water partition coefficient (Wildman–Crippen LogP) is 3.10. The molecule has 1 amide bonds. The van der Waals surface area contributed by atoms with Crippen LogP contribution in [0.5, 0.6) is 5.75 Å². The second kappa shape index (κ2) is 9.18. The summed E-state index contributed by atoms with van der Waals surface area (Å²) in [7, 11) is 3.65. The Bertz CT molecular complexity index is 688. The van der Waals surface area contributed by atoms with Crippen molar-refractivity contribution in [2.45, 2.75) is 13.5 Å². The molecule has 4 nitrogen and oxygen atoms in total. The Morgan fingerprint density at radius 2 is 1.76 bits per heavy atom. The number of carbonyl (C=O) groups excluding carboxylic acids is 1. The van der Waals surface area contributed by atoms with Gasteiger partial charge >= 0.3 is 0 Å². The second-order valence-corrected chi connectivity index (χ2v) is 6.23. The van der Waals surface area contributed by atoms with Crippen LogP contribution in [0, 0.1) is 12.7 Å². The van der Waals surface area contributed by atoms with E-state index in [2.05, 4.69) is 0 Å². The Labute approximate surface area is 148 Å². The highest BCUT2D eigenvalue weighted by molar-refractivity contribution is 5.77. The number of rotatable bonds is 8. The summed E-state index contributed by atoms with van der Waals surface area (Å²) in [5.74, 6) is 0.615. The first-order valence-corrected chi connectivity index (χ1v) is 8.31. The lowest BCUT2D eigenvalue weighted by Gasteiger charge is -2.22. The van der Waals surface area contributed by atoms with Crippen molar-refractivity contribution in [2.24, 2.45) is 0 Å². The first kappa shape index (κ1) is 18.9. The van der Waals surface area contributed by atoms with Gasteiger partial charge in [0.05, 0.1) is 6.54 Å². The monoisotopic (exact) mass is 344 g/mol. The van der Waals surface area contributed by atoms with E-state index in [1.807, 2.05) is 43.1 Å². The molecule has 134 valence electrons. The van der Waals surface area contributed by atoms with Crippen LogP contribution in [0.3, 0.4) is 0 Å². The lowest BCUT2D eigenvalue weighted by Crippen LogP contribution is -2.37. The number of ether oxygens (including phenoxy) is 1. The van der Waals surface area contributed by atoms with Crippen LogP contribution in [-0.2, 0) is 11.3 Å². The average molecular weight is 344 g/mol. The number of hydrogen-bond acceptors (Lipinski definition) is 3. The van der Waals surface area contributed by atoms with Gasteiger partial charge in [0.1, 0.15) is 18.2 Å². The van der Waals surface area contributed by atoms with Crippen molar-refractivity contribution >= 4 is 5.91 Å². The highest BCUT2D eigenvalue weighted by Gasteiger charge is 2.12. The van der Waals surface area contributed by atoms with Crippen molar-refractivity contribution in [1.82, 2.24) is 9.80 Å². The minimum absolute atomic E-state index is 0.0164. The molecule has 0 saturated heterocycles. The van der Waals surface area contributed by atoms with E-state index in [0.29, 0.717) is 26.2 Å². The number of benzene rings is 2. The Hall–Kier alpha value is -2.40. The van der Waals surface area contributed by atoms with E-state index in [9.17, 15) is 9.18 Å². The van der Waals surface area contributed by atoms with Crippen LogP contribution in [0.25, 0.3) is 0 Å². The summed E-state index contributed by atoms with van der Waals surface area (Å²) < 4.78 is 18.7. The predicted molar refractivity (Wildman–Crippen MR) is 97.0 cm³/mol. The quantitative estimate of drug-likeness (QED) is 0.738. The van der Waals surface area contributed by atoms with Crippen LogP contribution < -0.4 is 4.74 Å². The van der Waals surface area contributed by atoms with Crippen LogP contribution in [0.15, 0.2) is 48.5 Å². The van der Waals surface area contributed by atoms with Gasteiger partial charge in [0.2, 0.25) is 5.91 Å². The Kier molecular flexibility index (Phi) is 6.95. The third-order valence-corrected chi connectivity index (χ3v) is 3.99.